The Balaban J connectivity index is 1.66. The van der Waals surface area contributed by atoms with Crippen molar-refractivity contribution >= 4 is 21.8 Å². The number of nitrogens with one attached hydrogen (secondary N) is 1. The number of aromatic amines is 1. The number of benzene rings is 1. The van der Waals surface area contributed by atoms with Crippen molar-refractivity contribution < 1.29 is 9.47 Å². The van der Waals surface area contributed by atoms with Crippen molar-refractivity contribution in [2.75, 3.05) is 14.2 Å². The van der Waals surface area contributed by atoms with Crippen molar-refractivity contribution in [3.63, 3.8) is 0 Å². The van der Waals surface area contributed by atoms with Crippen LogP contribution in [0.25, 0.3) is 32.9 Å². The van der Waals surface area contributed by atoms with E-state index < -0.39 is 0 Å². The summed E-state index contributed by atoms with van der Waals surface area (Å²) >= 11 is 0. The Labute approximate surface area is 186 Å². The molecule has 5 rings (SSSR count). The molecule has 0 spiro atoms. The Morgan fingerprint density at radius 3 is 2.56 bits per heavy atom. The number of pyridine rings is 2. The Morgan fingerprint density at radius 1 is 1.06 bits per heavy atom. The lowest BCUT2D eigenvalue weighted by molar-refractivity contribution is 0.0574. The second kappa shape index (κ2) is 8.06. The van der Waals surface area contributed by atoms with E-state index in [1.807, 2.05) is 26.1 Å². The Hall–Kier alpha value is -3.19. The minimum atomic E-state index is -0.109. The van der Waals surface area contributed by atoms with Crippen LogP contribution in [0.3, 0.4) is 0 Å². The van der Waals surface area contributed by atoms with Crippen molar-refractivity contribution in [2.24, 2.45) is 0 Å². The molecule has 0 amide bonds. The Kier molecular flexibility index (Phi) is 5.21. The molecule has 0 atom stereocenters. The fraction of sp³-hybridized carbons (Fsp3) is 0.400. The molecule has 3 aromatic heterocycles. The van der Waals surface area contributed by atoms with Gasteiger partial charge in [-0.1, -0.05) is 12.1 Å². The fourth-order valence-corrected chi connectivity index (χ4v) is 5.17. The van der Waals surface area contributed by atoms with Gasteiger partial charge in [-0.15, -0.1) is 0 Å². The van der Waals surface area contributed by atoms with E-state index in [2.05, 4.69) is 31.9 Å². The van der Waals surface area contributed by atoms with Crippen LogP contribution in [0.5, 0.6) is 5.88 Å². The van der Waals surface area contributed by atoms with E-state index in [-0.39, 0.29) is 11.6 Å². The van der Waals surface area contributed by atoms with E-state index in [1.165, 1.54) is 0 Å². The molecular formula is C25H28N4O3. The molecule has 1 saturated carbocycles. The molecule has 1 fully saturated rings. The van der Waals surface area contributed by atoms with Crippen LogP contribution in [-0.2, 0) is 4.74 Å². The molecule has 0 radical (unpaired) electrons. The first-order valence-electron chi connectivity index (χ1n) is 11.1. The molecule has 32 heavy (non-hydrogen) atoms. The highest BCUT2D eigenvalue weighted by Crippen LogP contribution is 2.36. The minimum Gasteiger partial charge on any atom is -0.481 e. The molecule has 7 heteroatoms. The van der Waals surface area contributed by atoms with E-state index in [1.54, 1.807) is 20.4 Å². The van der Waals surface area contributed by atoms with Crippen LogP contribution in [0.4, 0.5) is 0 Å². The molecule has 166 valence electrons. The molecule has 0 unspecified atom stereocenters. The third-order valence-electron chi connectivity index (χ3n) is 6.83. The normalized spacial score (nSPS) is 19.0. The second-order valence-corrected chi connectivity index (χ2v) is 8.68. The van der Waals surface area contributed by atoms with Crippen molar-refractivity contribution in [1.29, 1.82) is 0 Å². The SMILES string of the molecule is COc1ncc(C)c(-c2ccc3c(c2)[nH]c(=O)c2cnn([C@H]4CC[C@@H](OC)CC4)c23)c1C. The maximum absolute atomic E-state index is 12.9. The van der Waals surface area contributed by atoms with Crippen molar-refractivity contribution in [2.45, 2.75) is 51.7 Å². The highest BCUT2D eigenvalue weighted by Gasteiger charge is 2.25. The number of ether oxygens (including phenoxy) is 2. The van der Waals surface area contributed by atoms with Gasteiger partial charge in [-0.25, -0.2) is 4.98 Å². The standard InChI is InChI=1S/C25H28N4O3/c1-14-12-26-25(32-4)15(2)22(14)16-5-10-19-21(11-16)28-24(30)20-13-27-29(23(19)20)17-6-8-18(31-3)9-7-17/h5,10-13,17-18H,6-9H2,1-4H3,(H,28,30)/t17-,18+. The van der Waals surface area contributed by atoms with Gasteiger partial charge in [0.2, 0.25) is 5.88 Å². The van der Waals surface area contributed by atoms with Crippen molar-refractivity contribution in [3.05, 3.63) is 52.1 Å². The smallest absolute Gasteiger partial charge is 0.259 e. The van der Waals surface area contributed by atoms with Gasteiger partial charge >= 0.3 is 0 Å². The Bertz CT molecular complexity index is 1360. The molecule has 0 aliphatic heterocycles. The maximum atomic E-state index is 12.9. The van der Waals surface area contributed by atoms with Gasteiger partial charge in [0.15, 0.2) is 0 Å². The minimum absolute atomic E-state index is 0.109. The number of rotatable bonds is 4. The molecular weight excluding hydrogens is 404 g/mol. The fourth-order valence-electron chi connectivity index (χ4n) is 5.17. The van der Waals surface area contributed by atoms with Crippen molar-refractivity contribution in [3.8, 4) is 17.0 Å². The number of H-pyrrole nitrogens is 1. The van der Waals surface area contributed by atoms with Crippen LogP contribution in [0, 0.1) is 13.8 Å². The lowest BCUT2D eigenvalue weighted by Crippen LogP contribution is -2.23. The van der Waals surface area contributed by atoms with Crippen LogP contribution >= 0.6 is 0 Å². The number of hydrogen-bond donors (Lipinski definition) is 1. The summed E-state index contributed by atoms with van der Waals surface area (Å²) in [5.74, 6) is 0.611. The molecule has 3 heterocycles. The summed E-state index contributed by atoms with van der Waals surface area (Å²) in [7, 11) is 3.41. The van der Waals surface area contributed by atoms with E-state index in [0.717, 1.165) is 64.4 Å². The molecule has 0 bridgehead atoms. The number of nitrogens with zero attached hydrogens (tertiary/aromatic N) is 3. The van der Waals surface area contributed by atoms with Gasteiger partial charge in [-0.3, -0.25) is 9.48 Å². The maximum Gasteiger partial charge on any atom is 0.259 e. The van der Waals surface area contributed by atoms with E-state index >= 15 is 0 Å². The third kappa shape index (κ3) is 3.28. The van der Waals surface area contributed by atoms with Crippen LogP contribution < -0.4 is 10.3 Å². The third-order valence-corrected chi connectivity index (χ3v) is 6.83. The number of hydrogen-bond acceptors (Lipinski definition) is 5. The molecule has 1 aliphatic rings. The van der Waals surface area contributed by atoms with E-state index in [0.29, 0.717) is 17.4 Å². The average molecular weight is 433 g/mol. The highest BCUT2D eigenvalue weighted by atomic mass is 16.5. The van der Waals surface area contributed by atoms with Gasteiger partial charge in [-0.05, 0) is 62.3 Å². The second-order valence-electron chi connectivity index (χ2n) is 8.68. The number of fused-ring (bicyclic) bond motifs is 3. The average Bonchev–Trinajstić information content (AvgIpc) is 3.25. The molecule has 4 aromatic rings. The van der Waals surface area contributed by atoms with Crippen LogP contribution in [-0.4, -0.2) is 40.1 Å². The summed E-state index contributed by atoms with van der Waals surface area (Å²) in [5, 5.41) is 6.29. The lowest BCUT2D eigenvalue weighted by atomic mass is 9.92. The first-order chi connectivity index (χ1) is 15.5. The predicted octanol–water partition coefficient (Wildman–Crippen LogP) is 4.70. The number of aryl methyl sites for hydroxylation is 1. The summed E-state index contributed by atoms with van der Waals surface area (Å²) in [4.78, 5) is 20.3. The van der Waals surface area contributed by atoms with E-state index in [9.17, 15) is 4.79 Å². The molecule has 1 aromatic carbocycles. The first-order valence-corrected chi connectivity index (χ1v) is 11.1. The molecule has 7 nitrogen and oxygen atoms in total. The van der Waals surface area contributed by atoms with Gasteiger partial charge in [0.1, 0.15) is 0 Å². The van der Waals surface area contributed by atoms with Crippen LogP contribution in [0.1, 0.15) is 42.9 Å². The Morgan fingerprint density at radius 2 is 1.84 bits per heavy atom. The highest BCUT2D eigenvalue weighted by molar-refractivity contribution is 6.04. The topological polar surface area (TPSA) is 82.0 Å². The number of methoxy groups -OCH3 is 2. The monoisotopic (exact) mass is 432 g/mol. The van der Waals surface area contributed by atoms with Gasteiger partial charge in [0.25, 0.3) is 5.56 Å². The summed E-state index contributed by atoms with van der Waals surface area (Å²) in [5.41, 5.74) is 5.75. The first kappa shape index (κ1) is 20.7. The zero-order valence-corrected chi connectivity index (χ0v) is 18.9. The number of aromatic nitrogens is 4. The predicted molar refractivity (Wildman–Crippen MR) is 125 cm³/mol. The molecule has 1 N–H and O–H groups in total. The quantitative estimate of drug-likeness (QED) is 0.506. The molecule has 0 saturated heterocycles. The summed E-state index contributed by atoms with van der Waals surface area (Å²) < 4.78 is 13.0. The van der Waals surface area contributed by atoms with E-state index in [4.69, 9.17) is 9.47 Å². The summed E-state index contributed by atoms with van der Waals surface area (Å²) in [6.07, 6.45) is 7.86. The summed E-state index contributed by atoms with van der Waals surface area (Å²) in [6.45, 7) is 4.05. The largest absolute Gasteiger partial charge is 0.481 e. The van der Waals surface area contributed by atoms with Crippen LogP contribution in [0.2, 0.25) is 0 Å². The van der Waals surface area contributed by atoms with Gasteiger partial charge in [0.05, 0.1) is 41.9 Å². The summed E-state index contributed by atoms with van der Waals surface area (Å²) in [6, 6.07) is 6.52. The van der Waals surface area contributed by atoms with Gasteiger partial charge < -0.3 is 14.5 Å². The zero-order chi connectivity index (χ0) is 22.4. The lowest BCUT2D eigenvalue weighted by Gasteiger charge is -2.28. The van der Waals surface area contributed by atoms with Gasteiger partial charge in [-0.2, -0.15) is 5.10 Å². The van der Waals surface area contributed by atoms with Crippen LogP contribution in [0.15, 0.2) is 35.4 Å². The molecule has 1 aliphatic carbocycles. The van der Waals surface area contributed by atoms with Gasteiger partial charge in [0, 0.05) is 24.3 Å². The van der Waals surface area contributed by atoms with Crippen molar-refractivity contribution in [1.82, 2.24) is 19.7 Å². The zero-order valence-electron chi connectivity index (χ0n) is 18.9.